The van der Waals surface area contributed by atoms with E-state index in [2.05, 4.69) is 22.1 Å². The number of hydrogen-bond donors (Lipinski definition) is 1. The lowest BCUT2D eigenvalue weighted by Gasteiger charge is -2.36. The van der Waals surface area contributed by atoms with Crippen LogP contribution in [0.5, 0.6) is 0 Å². The zero-order valence-corrected chi connectivity index (χ0v) is 12.6. The van der Waals surface area contributed by atoms with E-state index in [0.29, 0.717) is 18.5 Å². The van der Waals surface area contributed by atoms with Gasteiger partial charge in [0.05, 0.1) is 5.25 Å². The molecule has 20 heavy (non-hydrogen) atoms. The van der Waals surface area contributed by atoms with Crippen molar-refractivity contribution in [3.8, 4) is 0 Å². The van der Waals surface area contributed by atoms with Crippen molar-refractivity contribution >= 4 is 29.2 Å². The Balaban J connectivity index is 1.74. The van der Waals surface area contributed by atoms with Crippen LogP contribution in [0, 0.1) is 5.92 Å². The van der Waals surface area contributed by atoms with E-state index in [1.165, 1.54) is 31.0 Å². The van der Waals surface area contributed by atoms with Crippen LogP contribution < -0.4 is 5.32 Å². The third-order valence-corrected chi connectivity index (χ3v) is 6.09. The molecule has 0 aromatic rings. The van der Waals surface area contributed by atoms with E-state index in [4.69, 9.17) is 0 Å². The van der Waals surface area contributed by atoms with Crippen molar-refractivity contribution in [1.82, 2.24) is 10.2 Å². The Kier molecular flexibility index (Phi) is 4.01. The summed E-state index contributed by atoms with van der Waals surface area (Å²) in [4.78, 5) is 29.1. The lowest BCUT2D eigenvalue weighted by Crippen LogP contribution is -2.45. The van der Waals surface area contributed by atoms with Crippen LogP contribution in [-0.4, -0.2) is 46.3 Å². The van der Waals surface area contributed by atoms with Gasteiger partial charge in [0.15, 0.2) is 5.17 Å². The fourth-order valence-corrected chi connectivity index (χ4v) is 5.03. The van der Waals surface area contributed by atoms with E-state index in [9.17, 15) is 9.59 Å². The zero-order chi connectivity index (χ0) is 14.1. The van der Waals surface area contributed by atoms with Gasteiger partial charge in [-0.15, -0.1) is 0 Å². The smallest absolute Gasteiger partial charge is 0.235 e. The third-order valence-electron chi connectivity index (χ3n) is 4.83. The zero-order valence-electron chi connectivity index (χ0n) is 11.7. The predicted octanol–water partition coefficient (Wildman–Crippen LogP) is 1.38. The number of hydrogen-bond acceptors (Lipinski definition) is 3. The molecule has 0 radical (unpaired) electrons. The Morgan fingerprint density at radius 2 is 2.30 bits per heavy atom. The largest absolute Gasteiger partial charge is 0.355 e. The molecule has 2 aliphatic heterocycles. The minimum absolute atomic E-state index is 0.0804. The molecule has 3 rings (SSSR count). The quantitative estimate of drug-likeness (QED) is 0.475. The summed E-state index contributed by atoms with van der Waals surface area (Å²) in [5, 5.41) is 3.54. The van der Waals surface area contributed by atoms with Crippen molar-refractivity contribution in [2.24, 2.45) is 10.9 Å². The number of thioether (sulfide) groups is 1. The summed E-state index contributed by atoms with van der Waals surface area (Å²) in [6.07, 6.45) is 6.15. The third kappa shape index (κ3) is 2.45. The Morgan fingerprint density at radius 3 is 2.95 bits per heavy atom. The molecule has 110 valence electrons. The fourth-order valence-electron chi connectivity index (χ4n) is 3.76. The van der Waals surface area contributed by atoms with Gasteiger partial charge in [0, 0.05) is 18.6 Å². The Labute approximate surface area is 123 Å². The number of nitrogens with one attached hydrogen (secondary N) is 1. The van der Waals surface area contributed by atoms with Crippen molar-refractivity contribution in [3.63, 3.8) is 0 Å². The van der Waals surface area contributed by atoms with Crippen LogP contribution >= 0.6 is 11.8 Å². The number of nitrogens with zero attached hydrogens (tertiary/aromatic N) is 2. The van der Waals surface area contributed by atoms with Crippen LogP contribution in [0.15, 0.2) is 4.99 Å². The molecule has 3 aliphatic rings. The molecule has 2 unspecified atom stereocenters. The van der Waals surface area contributed by atoms with E-state index in [1.807, 2.05) is 0 Å². The second-order valence-corrected chi connectivity index (χ2v) is 7.10. The number of rotatable bonds is 2. The summed E-state index contributed by atoms with van der Waals surface area (Å²) >= 11 is 1.47. The van der Waals surface area contributed by atoms with E-state index in [0.717, 1.165) is 30.5 Å². The molecule has 1 aliphatic carbocycles. The van der Waals surface area contributed by atoms with Crippen LogP contribution in [0.2, 0.25) is 0 Å². The van der Waals surface area contributed by atoms with E-state index in [1.54, 1.807) is 0 Å². The average molecular weight is 295 g/mol. The number of amidine groups is 1. The Morgan fingerprint density at radius 1 is 1.45 bits per heavy atom. The average Bonchev–Trinajstić information content (AvgIpc) is 3.02. The van der Waals surface area contributed by atoms with Crippen molar-refractivity contribution in [1.29, 1.82) is 0 Å². The van der Waals surface area contributed by atoms with E-state index in [-0.39, 0.29) is 11.2 Å². The molecule has 3 fully saturated rings. The maximum absolute atomic E-state index is 11.9. The molecule has 0 spiro atoms. The summed E-state index contributed by atoms with van der Waals surface area (Å²) in [5.41, 5.74) is 0. The van der Waals surface area contributed by atoms with Crippen LogP contribution in [0.25, 0.3) is 0 Å². The van der Waals surface area contributed by atoms with E-state index < -0.39 is 0 Å². The van der Waals surface area contributed by atoms with Crippen LogP contribution in [0.3, 0.4) is 0 Å². The summed E-state index contributed by atoms with van der Waals surface area (Å²) in [7, 11) is 0. The number of piperidine rings is 2. The van der Waals surface area contributed by atoms with Gasteiger partial charge in [0.25, 0.3) is 0 Å². The number of aliphatic imine (C=N–C) groups is 1. The van der Waals surface area contributed by atoms with Gasteiger partial charge < -0.3 is 10.2 Å². The topological polar surface area (TPSA) is 61.8 Å². The second-order valence-electron chi connectivity index (χ2n) is 5.93. The molecule has 6 heteroatoms. The monoisotopic (exact) mass is 295 g/mol. The van der Waals surface area contributed by atoms with Crippen LogP contribution in [0.1, 0.15) is 39.0 Å². The molecule has 2 saturated heterocycles. The molecule has 2 heterocycles. The number of amides is 2. The number of fused-ring (bicyclic) bond motifs is 2. The first-order chi connectivity index (χ1) is 9.70. The van der Waals surface area contributed by atoms with Crippen LogP contribution in [-0.2, 0) is 9.59 Å². The molecule has 2 bridgehead atoms. The van der Waals surface area contributed by atoms with E-state index >= 15 is 0 Å². The van der Waals surface area contributed by atoms with Crippen molar-refractivity contribution < 1.29 is 9.59 Å². The summed E-state index contributed by atoms with van der Waals surface area (Å²) < 4.78 is 0. The highest BCUT2D eigenvalue weighted by Crippen LogP contribution is 2.44. The molecular weight excluding hydrogens is 274 g/mol. The normalized spacial score (nSPS) is 37.1. The molecular formula is C14H21N3O2S. The Hall–Kier alpha value is -1.04. The minimum Gasteiger partial charge on any atom is -0.355 e. The first kappa shape index (κ1) is 13.9. The minimum atomic E-state index is -0.103. The first-order valence-corrected chi connectivity index (χ1v) is 8.33. The second kappa shape index (κ2) is 5.76. The molecule has 5 nitrogen and oxygen atoms in total. The van der Waals surface area contributed by atoms with Gasteiger partial charge in [0.2, 0.25) is 12.3 Å². The molecule has 2 amide bonds. The van der Waals surface area contributed by atoms with Crippen LogP contribution in [0.4, 0.5) is 0 Å². The predicted molar refractivity (Wildman–Crippen MR) is 79.6 cm³/mol. The maximum Gasteiger partial charge on any atom is 0.235 e. The SMILES string of the molecule is C[C@@H]1[C@@H]2CCC(C2)N1C(=NC=O)SC1CCCNC1=O. The fraction of sp³-hybridized carbons (Fsp3) is 0.786. The highest BCUT2D eigenvalue weighted by atomic mass is 32.2. The summed E-state index contributed by atoms with van der Waals surface area (Å²) in [5.74, 6) is 0.800. The van der Waals surface area contributed by atoms with Crippen molar-refractivity contribution in [2.45, 2.75) is 56.4 Å². The van der Waals surface area contributed by atoms with Gasteiger partial charge in [-0.05, 0) is 44.9 Å². The number of likely N-dealkylation sites (tertiary alicyclic amines) is 1. The van der Waals surface area contributed by atoms with Gasteiger partial charge in [-0.2, -0.15) is 4.99 Å². The van der Waals surface area contributed by atoms with Gasteiger partial charge in [0.1, 0.15) is 0 Å². The summed E-state index contributed by atoms with van der Waals surface area (Å²) in [6, 6.07) is 0.944. The van der Waals surface area contributed by atoms with Gasteiger partial charge in [-0.3, -0.25) is 9.59 Å². The van der Waals surface area contributed by atoms with Gasteiger partial charge in [-0.25, -0.2) is 0 Å². The number of carbonyl (C=O) groups is 2. The van der Waals surface area contributed by atoms with Gasteiger partial charge in [-0.1, -0.05) is 11.8 Å². The molecule has 0 aromatic carbocycles. The molecule has 1 saturated carbocycles. The standard InChI is InChI=1S/C14H21N3O2S/c1-9-10-4-5-11(7-10)17(9)14(16-8-18)20-12-3-2-6-15-13(12)19/h8-12H,2-7H2,1H3,(H,15,19)/t9-,10-,11?,12?/m1/s1. The highest BCUT2D eigenvalue weighted by molar-refractivity contribution is 8.14. The Bertz CT molecular complexity index is 438. The maximum atomic E-state index is 11.9. The van der Waals surface area contributed by atoms with Crippen molar-refractivity contribution in [2.75, 3.05) is 6.54 Å². The lowest BCUT2D eigenvalue weighted by molar-refractivity contribution is -0.121. The first-order valence-electron chi connectivity index (χ1n) is 7.45. The van der Waals surface area contributed by atoms with Gasteiger partial charge >= 0.3 is 0 Å². The summed E-state index contributed by atoms with van der Waals surface area (Å²) in [6.45, 7) is 2.98. The molecule has 0 aromatic heterocycles. The molecule has 4 atom stereocenters. The number of carbonyl (C=O) groups excluding carboxylic acids is 2. The van der Waals surface area contributed by atoms with Crippen molar-refractivity contribution in [3.05, 3.63) is 0 Å². The lowest BCUT2D eigenvalue weighted by atomic mass is 10.0. The highest BCUT2D eigenvalue weighted by Gasteiger charge is 2.45. The molecule has 1 N–H and O–H groups in total.